The number of carbonyl (C=O) groups is 1. The normalized spacial score (nSPS) is 12.6. The Bertz CT molecular complexity index is 2040. The first kappa shape index (κ1) is 37.1. The maximum atomic E-state index is 12.0. The average Bonchev–Trinajstić information content (AvgIpc) is 3.08. The number of pyridine rings is 1. The number of aromatic amines is 1. The molecular weight excluding hydrogens is 659 g/mol. The lowest BCUT2D eigenvalue weighted by molar-refractivity contribution is 0.181. The predicted molar refractivity (Wildman–Crippen MR) is 208 cm³/mol. The molecule has 0 spiro atoms. The number of H-pyrrole nitrogens is 1. The van der Waals surface area contributed by atoms with Gasteiger partial charge >= 0.3 is 6.09 Å². The Labute approximate surface area is 300 Å². The largest absolute Gasteiger partial charge is 0.506 e. The number of benzene rings is 4. The third-order valence-corrected chi connectivity index (χ3v) is 13.8. The van der Waals surface area contributed by atoms with E-state index in [9.17, 15) is 19.8 Å². The third-order valence-electron chi connectivity index (χ3n) is 9.31. The number of phenolic OH excluding ortho intramolecular Hbond substituents is 1. The zero-order valence-corrected chi connectivity index (χ0v) is 30.8. The van der Waals surface area contributed by atoms with Gasteiger partial charge in [-0.3, -0.25) is 10.1 Å². The van der Waals surface area contributed by atoms with Crippen LogP contribution in [-0.2, 0) is 11.0 Å². The number of hydrogen-bond donors (Lipinski definition) is 5. The van der Waals surface area contributed by atoms with Crippen molar-refractivity contribution in [3.05, 3.63) is 130 Å². The summed E-state index contributed by atoms with van der Waals surface area (Å²) in [5.74, 6) is 0.803. The van der Waals surface area contributed by atoms with Crippen molar-refractivity contribution in [2.45, 2.75) is 58.0 Å². The SMILES string of the molecule is CC(C)(C)[Si](C)(C)O[C@H](CNCc1ccc(OCC/C=C/c2ccc(-c3ccccc3)c(NC(=O)O)c2)cc1)c1ccc(O)c2[nH]c(=O)ccc12. The van der Waals surface area contributed by atoms with Crippen LogP contribution in [0.15, 0.2) is 108 Å². The van der Waals surface area contributed by atoms with E-state index in [1.807, 2.05) is 91.0 Å². The zero-order chi connectivity index (χ0) is 36.6. The van der Waals surface area contributed by atoms with E-state index in [4.69, 9.17) is 9.16 Å². The van der Waals surface area contributed by atoms with E-state index >= 15 is 0 Å². The van der Waals surface area contributed by atoms with E-state index < -0.39 is 14.4 Å². The van der Waals surface area contributed by atoms with Crippen LogP contribution in [0.1, 0.15) is 50.0 Å². The molecule has 0 aliphatic carbocycles. The summed E-state index contributed by atoms with van der Waals surface area (Å²) >= 11 is 0. The van der Waals surface area contributed by atoms with Gasteiger partial charge in [-0.15, -0.1) is 0 Å². The van der Waals surface area contributed by atoms with Crippen LogP contribution in [-0.4, -0.2) is 42.8 Å². The van der Waals surface area contributed by atoms with Gasteiger partial charge in [0.1, 0.15) is 11.5 Å². The zero-order valence-electron chi connectivity index (χ0n) is 29.8. The smallest absolute Gasteiger partial charge is 0.409 e. The van der Waals surface area contributed by atoms with Crippen LogP contribution >= 0.6 is 0 Å². The number of hydrogen-bond acceptors (Lipinski definition) is 6. The number of amides is 1. The molecular formula is C41H47N3O6Si. The van der Waals surface area contributed by atoms with Crippen molar-refractivity contribution in [2.75, 3.05) is 18.5 Å². The van der Waals surface area contributed by atoms with Crippen LogP contribution in [0.2, 0.25) is 18.1 Å². The third kappa shape index (κ3) is 9.76. The van der Waals surface area contributed by atoms with E-state index in [1.165, 1.54) is 6.07 Å². The van der Waals surface area contributed by atoms with Gasteiger partial charge in [0.05, 0.1) is 23.9 Å². The van der Waals surface area contributed by atoms with Crippen LogP contribution in [0.4, 0.5) is 10.5 Å². The van der Waals surface area contributed by atoms with Crippen molar-refractivity contribution in [1.29, 1.82) is 0 Å². The minimum Gasteiger partial charge on any atom is -0.506 e. The van der Waals surface area contributed by atoms with Gasteiger partial charge in [0.25, 0.3) is 0 Å². The molecule has 5 rings (SSSR count). The molecule has 0 saturated carbocycles. The standard InChI is InChI=1S/C41H47N3O6Si/c1-41(2,3)51(4,5)50-37(33-20-22-36(45)39-34(33)21-23-38(46)44-39)27-42-26-29-14-17-31(18-15-29)49-24-10-9-11-28-16-19-32(30-12-7-6-8-13-30)35(25-28)43-40(47)48/h6-9,11-23,25,37,42-43,45H,10,24,26-27H2,1-5H3,(H,44,46)(H,47,48)/b11-9+/t37-/m1/s1. The van der Waals surface area contributed by atoms with Gasteiger partial charge in [0, 0.05) is 30.1 Å². The first-order valence-electron chi connectivity index (χ1n) is 17.1. The number of carboxylic acid groups (broad SMARTS) is 1. The van der Waals surface area contributed by atoms with Crippen LogP contribution in [0, 0.1) is 0 Å². The lowest BCUT2D eigenvalue weighted by Gasteiger charge is -2.39. The summed E-state index contributed by atoms with van der Waals surface area (Å²) < 4.78 is 12.9. The van der Waals surface area contributed by atoms with E-state index in [0.29, 0.717) is 37.3 Å². The molecule has 0 bridgehead atoms. The maximum Gasteiger partial charge on any atom is 0.409 e. The number of aromatic hydroxyl groups is 1. The van der Waals surface area contributed by atoms with Crippen molar-refractivity contribution in [1.82, 2.24) is 10.3 Å². The van der Waals surface area contributed by atoms with Crippen molar-refractivity contribution in [3.8, 4) is 22.6 Å². The summed E-state index contributed by atoms with van der Waals surface area (Å²) in [5, 5.41) is 26.6. The molecule has 0 aliphatic heterocycles. The van der Waals surface area contributed by atoms with E-state index in [-0.39, 0.29) is 22.5 Å². The number of anilines is 1. The van der Waals surface area contributed by atoms with E-state index in [1.54, 1.807) is 12.1 Å². The first-order chi connectivity index (χ1) is 24.3. The van der Waals surface area contributed by atoms with Gasteiger partial charge < -0.3 is 29.7 Å². The Morgan fingerprint density at radius 3 is 2.41 bits per heavy atom. The highest BCUT2D eigenvalue weighted by molar-refractivity contribution is 6.74. The van der Waals surface area contributed by atoms with E-state index in [2.05, 4.69) is 49.5 Å². The van der Waals surface area contributed by atoms with E-state index in [0.717, 1.165) is 39.0 Å². The fourth-order valence-electron chi connectivity index (χ4n) is 5.56. The van der Waals surface area contributed by atoms with Gasteiger partial charge in [-0.25, -0.2) is 4.79 Å². The summed E-state index contributed by atoms with van der Waals surface area (Å²) in [7, 11) is -2.18. The molecule has 0 fully saturated rings. The van der Waals surface area contributed by atoms with Crippen molar-refractivity contribution in [2.24, 2.45) is 0 Å². The van der Waals surface area contributed by atoms with Crippen LogP contribution < -0.4 is 20.9 Å². The van der Waals surface area contributed by atoms with Gasteiger partial charge in [-0.2, -0.15) is 0 Å². The molecule has 1 heterocycles. The molecule has 0 aliphatic rings. The minimum absolute atomic E-state index is 0.00495. The molecule has 1 amide bonds. The molecule has 5 aromatic rings. The molecule has 51 heavy (non-hydrogen) atoms. The molecule has 10 heteroatoms. The minimum atomic E-state index is -2.18. The molecule has 1 atom stereocenters. The highest BCUT2D eigenvalue weighted by atomic mass is 28.4. The highest BCUT2D eigenvalue weighted by Crippen LogP contribution is 2.41. The monoisotopic (exact) mass is 705 g/mol. The lowest BCUT2D eigenvalue weighted by Crippen LogP contribution is -2.43. The second kappa shape index (κ2) is 16.2. The average molecular weight is 706 g/mol. The number of ether oxygens (including phenoxy) is 1. The predicted octanol–water partition coefficient (Wildman–Crippen LogP) is 9.33. The Hall–Kier alpha value is -5.16. The summed E-state index contributed by atoms with van der Waals surface area (Å²) in [6.07, 6.45) is 3.25. The molecule has 0 unspecified atom stereocenters. The second-order valence-electron chi connectivity index (χ2n) is 14.1. The van der Waals surface area contributed by atoms with Crippen LogP contribution in [0.5, 0.6) is 11.5 Å². The summed E-state index contributed by atoms with van der Waals surface area (Å²) in [6, 6.07) is 30.1. The fourth-order valence-corrected chi connectivity index (χ4v) is 6.83. The topological polar surface area (TPSA) is 133 Å². The number of rotatable bonds is 14. The van der Waals surface area contributed by atoms with Crippen LogP contribution in [0.25, 0.3) is 28.1 Å². The first-order valence-corrected chi connectivity index (χ1v) is 20.0. The van der Waals surface area contributed by atoms with Crippen LogP contribution in [0.3, 0.4) is 0 Å². The molecule has 9 nitrogen and oxygen atoms in total. The Morgan fingerprint density at radius 2 is 1.71 bits per heavy atom. The Morgan fingerprint density at radius 1 is 0.961 bits per heavy atom. The summed E-state index contributed by atoms with van der Waals surface area (Å²) in [6.45, 7) is 12.7. The maximum absolute atomic E-state index is 12.0. The number of aromatic nitrogens is 1. The summed E-state index contributed by atoms with van der Waals surface area (Å²) in [5.41, 5.74) is 5.33. The van der Waals surface area contributed by atoms with Crippen molar-refractivity contribution in [3.63, 3.8) is 0 Å². The molecule has 4 aromatic carbocycles. The van der Waals surface area contributed by atoms with Crippen molar-refractivity contribution >= 4 is 37.1 Å². The molecule has 266 valence electrons. The van der Waals surface area contributed by atoms with Gasteiger partial charge in [-0.05, 0) is 77.1 Å². The van der Waals surface area contributed by atoms with Gasteiger partial charge in [0.15, 0.2) is 8.32 Å². The van der Waals surface area contributed by atoms with Crippen molar-refractivity contribution < 1.29 is 24.2 Å². The highest BCUT2D eigenvalue weighted by Gasteiger charge is 2.39. The fraction of sp³-hybridized carbons (Fsp3) is 0.268. The quantitative estimate of drug-likeness (QED) is 0.0575. The van der Waals surface area contributed by atoms with Gasteiger partial charge in [0.2, 0.25) is 5.56 Å². The number of nitrogens with one attached hydrogen (secondary N) is 3. The lowest BCUT2D eigenvalue weighted by atomic mass is 10.0. The van der Waals surface area contributed by atoms with Gasteiger partial charge in [-0.1, -0.05) is 93.6 Å². The molecule has 0 saturated heterocycles. The number of phenols is 1. The molecule has 1 aromatic heterocycles. The Kier molecular flexibility index (Phi) is 11.8. The second-order valence-corrected chi connectivity index (χ2v) is 18.8. The molecule has 5 N–H and O–H groups in total. The Balaban J connectivity index is 1.17. The summed E-state index contributed by atoms with van der Waals surface area (Å²) in [4.78, 5) is 26.2. The molecule has 0 radical (unpaired) electrons. The number of fused-ring (bicyclic) bond motifs is 1.